The lowest BCUT2D eigenvalue weighted by atomic mass is 9.89. The smallest absolute Gasteiger partial charge is 0.0583 e. The molecule has 0 heterocycles. The summed E-state index contributed by atoms with van der Waals surface area (Å²) in [6, 6.07) is 0. The zero-order valence-corrected chi connectivity index (χ0v) is 10.3. The zero-order valence-electron chi connectivity index (χ0n) is 9.56. The Hall–Kier alpha value is 0.130. The second-order valence-electron chi connectivity index (χ2n) is 3.99. The van der Waals surface area contributed by atoms with Crippen LogP contribution in [-0.4, -0.2) is 51.7 Å². The van der Waals surface area contributed by atoms with E-state index in [1.807, 2.05) is 0 Å². The predicted molar refractivity (Wildman–Crippen MR) is 63.5 cm³/mol. The molecule has 98 valence electrons. The topological polar surface area (TPSA) is 80.9 Å². The summed E-state index contributed by atoms with van der Waals surface area (Å²) in [4.78, 5) is 0. The maximum absolute atomic E-state index is 9.90. The van der Waals surface area contributed by atoms with Crippen LogP contribution >= 0.6 is 11.6 Å². The minimum Gasteiger partial charge on any atom is -0.396 e. The minimum absolute atomic E-state index is 0.00346. The Bertz CT molecular complexity index is 157. The van der Waals surface area contributed by atoms with Crippen LogP contribution in [-0.2, 0) is 0 Å². The highest BCUT2D eigenvalue weighted by Crippen LogP contribution is 2.25. The van der Waals surface area contributed by atoms with Crippen molar-refractivity contribution in [1.82, 2.24) is 0 Å². The van der Waals surface area contributed by atoms with Crippen molar-refractivity contribution in [2.75, 3.05) is 19.8 Å². The van der Waals surface area contributed by atoms with Crippen LogP contribution in [0.15, 0.2) is 0 Å². The van der Waals surface area contributed by atoms with Gasteiger partial charge in [0, 0.05) is 31.1 Å². The Morgan fingerprint density at radius 2 is 1.38 bits per heavy atom. The van der Waals surface area contributed by atoms with E-state index in [-0.39, 0.29) is 31.1 Å². The van der Waals surface area contributed by atoms with Gasteiger partial charge >= 0.3 is 0 Å². The lowest BCUT2D eigenvalue weighted by Crippen LogP contribution is -2.30. The van der Waals surface area contributed by atoms with Gasteiger partial charge in [-0.15, -0.1) is 11.6 Å². The molecule has 4 nitrogen and oxygen atoms in total. The SMILES string of the molecule is OCCCC(O)C(CCCO)C(Cl)CCO. The van der Waals surface area contributed by atoms with Gasteiger partial charge in [0.05, 0.1) is 6.10 Å². The Balaban J connectivity index is 4.15. The molecular formula is C11H23ClO4. The fraction of sp³-hybridized carbons (Fsp3) is 1.00. The molecule has 0 spiro atoms. The van der Waals surface area contributed by atoms with Crippen LogP contribution in [0, 0.1) is 5.92 Å². The van der Waals surface area contributed by atoms with E-state index in [1.54, 1.807) is 0 Å². The molecule has 5 heteroatoms. The van der Waals surface area contributed by atoms with Crippen molar-refractivity contribution in [3.05, 3.63) is 0 Å². The Morgan fingerprint density at radius 1 is 0.812 bits per heavy atom. The number of aliphatic hydroxyl groups excluding tert-OH is 4. The Morgan fingerprint density at radius 3 is 1.88 bits per heavy atom. The van der Waals surface area contributed by atoms with Crippen LogP contribution in [0.25, 0.3) is 0 Å². The van der Waals surface area contributed by atoms with Gasteiger partial charge in [0.25, 0.3) is 0 Å². The first-order chi connectivity index (χ1) is 7.67. The molecule has 0 saturated heterocycles. The van der Waals surface area contributed by atoms with Crippen molar-refractivity contribution in [2.24, 2.45) is 5.92 Å². The normalized spacial score (nSPS) is 17.1. The highest BCUT2D eigenvalue weighted by Gasteiger charge is 2.25. The lowest BCUT2D eigenvalue weighted by Gasteiger charge is -2.26. The number of halogens is 1. The van der Waals surface area contributed by atoms with E-state index in [2.05, 4.69) is 0 Å². The van der Waals surface area contributed by atoms with Crippen LogP contribution in [0.4, 0.5) is 0 Å². The third-order valence-corrected chi connectivity index (χ3v) is 3.26. The summed E-state index contributed by atoms with van der Waals surface area (Å²) in [6.45, 7) is 0.124. The molecule has 16 heavy (non-hydrogen) atoms. The summed E-state index contributed by atoms with van der Waals surface area (Å²) in [5, 5.41) is 35.9. The summed E-state index contributed by atoms with van der Waals surface area (Å²) in [6.07, 6.45) is 2.13. The van der Waals surface area contributed by atoms with Crippen molar-refractivity contribution < 1.29 is 20.4 Å². The molecule has 0 radical (unpaired) electrons. The van der Waals surface area contributed by atoms with Crippen LogP contribution < -0.4 is 0 Å². The molecule has 3 atom stereocenters. The summed E-state index contributed by atoms with van der Waals surface area (Å²) in [7, 11) is 0. The van der Waals surface area contributed by atoms with E-state index in [9.17, 15) is 5.11 Å². The Kier molecular flexibility index (Phi) is 10.4. The van der Waals surface area contributed by atoms with Gasteiger partial charge in [-0.25, -0.2) is 0 Å². The molecule has 0 amide bonds. The summed E-state index contributed by atoms with van der Waals surface area (Å²) in [5.41, 5.74) is 0. The van der Waals surface area contributed by atoms with Crippen LogP contribution in [0.2, 0.25) is 0 Å². The third-order valence-electron chi connectivity index (χ3n) is 2.72. The minimum atomic E-state index is -0.576. The molecular weight excluding hydrogens is 232 g/mol. The Labute approximate surface area is 102 Å². The molecule has 0 fully saturated rings. The van der Waals surface area contributed by atoms with E-state index in [0.29, 0.717) is 32.1 Å². The monoisotopic (exact) mass is 254 g/mol. The van der Waals surface area contributed by atoms with Crippen molar-refractivity contribution in [3.63, 3.8) is 0 Å². The number of hydrogen-bond acceptors (Lipinski definition) is 4. The number of aliphatic hydroxyl groups is 4. The molecule has 0 aliphatic carbocycles. The van der Waals surface area contributed by atoms with Gasteiger partial charge in [0.2, 0.25) is 0 Å². The van der Waals surface area contributed by atoms with Gasteiger partial charge in [-0.3, -0.25) is 0 Å². The first-order valence-electron chi connectivity index (χ1n) is 5.82. The van der Waals surface area contributed by atoms with Crippen molar-refractivity contribution in [2.45, 2.75) is 43.6 Å². The zero-order chi connectivity index (χ0) is 12.4. The third kappa shape index (κ3) is 6.66. The van der Waals surface area contributed by atoms with Crippen LogP contribution in [0.3, 0.4) is 0 Å². The van der Waals surface area contributed by atoms with E-state index in [0.717, 1.165) is 0 Å². The van der Waals surface area contributed by atoms with Gasteiger partial charge < -0.3 is 20.4 Å². The average molecular weight is 255 g/mol. The van der Waals surface area contributed by atoms with E-state index < -0.39 is 6.10 Å². The van der Waals surface area contributed by atoms with Crippen molar-refractivity contribution in [3.8, 4) is 0 Å². The lowest BCUT2D eigenvalue weighted by molar-refractivity contribution is 0.0752. The average Bonchev–Trinajstić information content (AvgIpc) is 2.27. The molecule has 0 aliphatic heterocycles. The second-order valence-corrected chi connectivity index (χ2v) is 4.55. The molecule has 0 bridgehead atoms. The fourth-order valence-corrected chi connectivity index (χ4v) is 2.18. The summed E-state index contributed by atoms with van der Waals surface area (Å²) in [5.74, 6) is -0.132. The maximum Gasteiger partial charge on any atom is 0.0583 e. The van der Waals surface area contributed by atoms with Gasteiger partial charge in [-0.05, 0) is 32.1 Å². The molecule has 3 unspecified atom stereocenters. The van der Waals surface area contributed by atoms with E-state index in [4.69, 9.17) is 26.9 Å². The number of alkyl halides is 1. The standard InChI is InChI=1S/C11H23ClO4/c12-10(5-8-15)9(3-1-6-13)11(16)4-2-7-14/h9-11,13-16H,1-8H2. The van der Waals surface area contributed by atoms with Gasteiger partial charge in [0.15, 0.2) is 0 Å². The van der Waals surface area contributed by atoms with Gasteiger partial charge in [0.1, 0.15) is 0 Å². The van der Waals surface area contributed by atoms with Crippen LogP contribution in [0.1, 0.15) is 32.1 Å². The number of rotatable bonds is 10. The van der Waals surface area contributed by atoms with E-state index >= 15 is 0 Å². The van der Waals surface area contributed by atoms with Crippen molar-refractivity contribution in [1.29, 1.82) is 0 Å². The first-order valence-corrected chi connectivity index (χ1v) is 6.25. The molecule has 0 aromatic carbocycles. The highest BCUT2D eigenvalue weighted by molar-refractivity contribution is 6.20. The van der Waals surface area contributed by atoms with Crippen molar-refractivity contribution >= 4 is 11.6 Å². The maximum atomic E-state index is 9.90. The van der Waals surface area contributed by atoms with Crippen LogP contribution in [0.5, 0.6) is 0 Å². The molecule has 0 saturated carbocycles. The molecule has 4 N–H and O–H groups in total. The predicted octanol–water partition coefficient (Wildman–Crippen LogP) is 0.498. The molecule has 0 aromatic rings. The largest absolute Gasteiger partial charge is 0.396 e. The fourth-order valence-electron chi connectivity index (χ4n) is 1.79. The first kappa shape index (κ1) is 16.1. The summed E-state index contributed by atoms with van der Waals surface area (Å²) >= 11 is 6.09. The summed E-state index contributed by atoms with van der Waals surface area (Å²) < 4.78 is 0. The molecule has 0 aromatic heterocycles. The van der Waals surface area contributed by atoms with Gasteiger partial charge in [-0.1, -0.05) is 0 Å². The second kappa shape index (κ2) is 10.3. The molecule has 0 rings (SSSR count). The highest BCUT2D eigenvalue weighted by atomic mass is 35.5. The quantitative estimate of drug-likeness (QED) is 0.428. The van der Waals surface area contributed by atoms with Gasteiger partial charge in [-0.2, -0.15) is 0 Å². The molecule has 0 aliphatic rings. The number of hydrogen-bond donors (Lipinski definition) is 4. The van der Waals surface area contributed by atoms with E-state index in [1.165, 1.54) is 0 Å².